The number of aromatic amines is 1. The van der Waals surface area contributed by atoms with E-state index in [0.29, 0.717) is 22.7 Å². The Bertz CT molecular complexity index is 1040. The number of esters is 1. The number of fused-ring (bicyclic) bond motifs is 3. The van der Waals surface area contributed by atoms with Crippen molar-refractivity contribution in [1.29, 1.82) is 0 Å². The number of hydrogen-bond acceptors (Lipinski definition) is 3. The standard InChI is InChI=1S/C21H19ClN2O3/c1-27-21(26)13-6-8-16(22)19(11-13)24-20(25)12-7-9-18-15(10-12)14-4-2-3-5-17(14)23-18/h2-6,8,11-12,23H,7,9-10H2,1H3,(H,24,25). The van der Waals surface area contributed by atoms with Gasteiger partial charge in [0.2, 0.25) is 5.91 Å². The molecule has 6 heteroatoms. The molecule has 0 saturated heterocycles. The monoisotopic (exact) mass is 382 g/mol. The lowest BCUT2D eigenvalue weighted by Gasteiger charge is -2.22. The highest BCUT2D eigenvalue weighted by Gasteiger charge is 2.27. The molecule has 0 fully saturated rings. The number of carbonyl (C=O) groups excluding carboxylic acids is 2. The Morgan fingerprint density at radius 3 is 2.85 bits per heavy atom. The van der Waals surface area contributed by atoms with Crippen LogP contribution < -0.4 is 5.32 Å². The molecule has 1 atom stereocenters. The lowest BCUT2D eigenvalue weighted by molar-refractivity contribution is -0.120. The highest BCUT2D eigenvalue weighted by atomic mass is 35.5. The summed E-state index contributed by atoms with van der Waals surface area (Å²) in [5.41, 5.74) is 4.31. The van der Waals surface area contributed by atoms with E-state index in [-0.39, 0.29) is 11.8 Å². The van der Waals surface area contributed by atoms with Crippen molar-refractivity contribution in [2.24, 2.45) is 5.92 Å². The molecule has 1 aromatic heterocycles. The van der Waals surface area contributed by atoms with Gasteiger partial charge in [0.1, 0.15) is 0 Å². The molecule has 1 aliphatic rings. The molecule has 0 spiro atoms. The summed E-state index contributed by atoms with van der Waals surface area (Å²) in [5, 5.41) is 4.45. The zero-order valence-corrected chi connectivity index (χ0v) is 15.6. The third-order valence-corrected chi connectivity index (χ3v) is 5.44. The van der Waals surface area contributed by atoms with E-state index >= 15 is 0 Å². The van der Waals surface area contributed by atoms with Gasteiger partial charge in [-0.2, -0.15) is 0 Å². The van der Waals surface area contributed by atoms with Gasteiger partial charge in [-0.05, 0) is 49.1 Å². The third kappa shape index (κ3) is 3.30. The van der Waals surface area contributed by atoms with Crippen LogP contribution in [-0.2, 0) is 22.4 Å². The Hall–Kier alpha value is -2.79. The first-order chi connectivity index (χ1) is 13.1. The third-order valence-electron chi connectivity index (χ3n) is 5.11. The number of ether oxygens (including phenoxy) is 1. The number of aryl methyl sites for hydroxylation is 1. The predicted octanol–water partition coefficient (Wildman–Crippen LogP) is 4.35. The maximum atomic E-state index is 12.8. The predicted molar refractivity (Wildman–Crippen MR) is 105 cm³/mol. The summed E-state index contributed by atoms with van der Waals surface area (Å²) >= 11 is 6.20. The molecular weight excluding hydrogens is 364 g/mol. The normalized spacial score (nSPS) is 16.0. The number of hydrogen-bond donors (Lipinski definition) is 2. The average Bonchev–Trinajstić information content (AvgIpc) is 3.06. The van der Waals surface area contributed by atoms with Crippen molar-refractivity contribution in [2.75, 3.05) is 12.4 Å². The molecule has 1 unspecified atom stereocenters. The number of H-pyrrole nitrogens is 1. The molecule has 27 heavy (non-hydrogen) atoms. The number of methoxy groups -OCH3 is 1. The number of benzene rings is 2. The Morgan fingerprint density at radius 2 is 2.04 bits per heavy atom. The number of amides is 1. The second-order valence-electron chi connectivity index (χ2n) is 6.74. The fourth-order valence-corrected chi connectivity index (χ4v) is 3.86. The van der Waals surface area contributed by atoms with Gasteiger partial charge in [0.15, 0.2) is 0 Å². The number of carbonyl (C=O) groups is 2. The topological polar surface area (TPSA) is 71.2 Å². The molecule has 0 radical (unpaired) electrons. The molecule has 2 N–H and O–H groups in total. The van der Waals surface area contributed by atoms with Crippen LogP contribution in [0.2, 0.25) is 5.02 Å². The molecule has 5 nitrogen and oxygen atoms in total. The lowest BCUT2D eigenvalue weighted by Crippen LogP contribution is -2.28. The van der Waals surface area contributed by atoms with E-state index in [1.54, 1.807) is 18.2 Å². The minimum Gasteiger partial charge on any atom is -0.465 e. The Balaban J connectivity index is 1.55. The minimum atomic E-state index is -0.469. The second-order valence-corrected chi connectivity index (χ2v) is 7.15. The van der Waals surface area contributed by atoms with Gasteiger partial charge in [0.25, 0.3) is 0 Å². The van der Waals surface area contributed by atoms with Crippen LogP contribution in [0, 0.1) is 5.92 Å². The summed E-state index contributed by atoms with van der Waals surface area (Å²) in [6, 6.07) is 12.9. The van der Waals surface area contributed by atoms with Crippen LogP contribution >= 0.6 is 11.6 Å². The van der Waals surface area contributed by atoms with Crippen LogP contribution in [0.1, 0.15) is 28.0 Å². The summed E-state index contributed by atoms with van der Waals surface area (Å²) in [5.74, 6) is -0.701. The van der Waals surface area contributed by atoms with Crippen molar-refractivity contribution in [1.82, 2.24) is 4.98 Å². The van der Waals surface area contributed by atoms with Crippen molar-refractivity contribution in [3.8, 4) is 0 Å². The van der Waals surface area contributed by atoms with Gasteiger partial charge in [0.05, 0.1) is 23.4 Å². The summed E-state index contributed by atoms with van der Waals surface area (Å²) < 4.78 is 4.73. The van der Waals surface area contributed by atoms with Crippen molar-refractivity contribution in [2.45, 2.75) is 19.3 Å². The smallest absolute Gasteiger partial charge is 0.337 e. The molecule has 1 aliphatic carbocycles. The molecule has 1 heterocycles. The van der Waals surface area contributed by atoms with E-state index < -0.39 is 5.97 Å². The Morgan fingerprint density at radius 1 is 1.22 bits per heavy atom. The maximum Gasteiger partial charge on any atom is 0.337 e. The van der Waals surface area contributed by atoms with Crippen LogP contribution in [0.5, 0.6) is 0 Å². The zero-order chi connectivity index (χ0) is 19.0. The number of aromatic nitrogens is 1. The van der Waals surface area contributed by atoms with Crippen LogP contribution in [0.25, 0.3) is 10.9 Å². The van der Waals surface area contributed by atoms with Crippen molar-refractivity contribution >= 4 is 40.1 Å². The fraction of sp³-hybridized carbons (Fsp3) is 0.238. The molecule has 138 valence electrons. The molecule has 0 aliphatic heterocycles. The van der Waals surface area contributed by atoms with Gasteiger partial charge in [-0.3, -0.25) is 4.79 Å². The van der Waals surface area contributed by atoms with E-state index in [1.165, 1.54) is 23.8 Å². The van der Waals surface area contributed by atoms with Gasteiger partial charge in [0, 0.05) is 22.5 Å². The molecule has 3 aromatic rings. The minimum absolute atomic E-state index is 0.0881. The zero-order valence-electron chi connectivity index (χ0n) is 14.8. The summed E-state index contributed by atoms with van der Waals surface area (Å²) in [4.78, 5) is 28.0. The molecule has 4 rings (SSSR count). The van der Waals surface area contributed by atoms with Gasteiger partial charge in [-0.15, -0.1) is 0 Å². The Kier molecular flexibility index (Phi) is 4.62. The SMILES string of the molecule is COC(=O)c1ccc(Cl)c(NC(=O)C2CCc3[nH]c4ccccc4c3C2)c1. The largest absolute Gasteiger partial charge is 0.465 e. The first-order valence-electron chi connectivity index (χ1n) is 8.84. The van der Waals surface area contributed by atoms with E-state index in [2.05, 4.69) is 22.4 Å². The lowest BCUT2D eigenvalue weighted by atomic mass is 9.85. The maximum absolute atomic E-state index is 12.8. The summed E-state index contributed by atoms with van der Waals surface area (Å²) in [6.45, 7) is 0. The van der Waals surface area contributed by atoms with Crippen molar-refractivity contribution in [3.63, 3.8) is 0 Å². The fourth-order valence-electron chi connectivity index (χ4n) is 3.69. The quantitative estimate of drug-likeness (QED) is 0.661. The molecule has 0 bridgehead atoms. The highest BCUT2D eigenvalue weighted by Crippen LogP contribution is 2.33. The molecule has 0 saturated carbocycles. The number of nitrogens with one attached hydrogen (secondary N) is 2. The van der Waals surface area contributed by atoms with Crippen LogP contribution in [0.3, 0.4) is 0 Å². The number of anilines is 1. The van der Waals surface area contributed by atoms with Crippen LogP contribution in [0.15, 0.2) is 42.5 Å². The number of para-hydroxylation sites is 1. The van der Waals surface area contributed by atoms with Gasteiger partial charge in [-0.25, -0.2) is 4.79 Å². The van der Waals surface area contributed by atoms with Gasteiger partial charge >= 0.3 is 5.97 Å². The van der Waals surface area contributed by atoms with E-state index in [1.807, 2.05) is 12.1 Å². The first-order valence-corrected chi connectivity index (χ1v) is 9.22. The van der Waals surface area contributed by atoms with Crippen molar-refractivity contribution in [3.05, 3.63) is 64.3 Å². The average molecular weight is 383 g/mol. The Labute approximate surface area is 161 Å². The van der Waals surface area contributed by atoms with Crippen molar-refractivity contribution < 1.29 is 14.3 Å². The molecule has 1 amide bonds. The van der Waals surface area contributed by atoms with Crippen LogP contribution in [0.4, 0.5) is 5.69 Å². The van der Waals surface area contributed by atoms with E-state index in [9.17, 15) is 9.59 Å². The second kappa shape index (κ2) is 7.08. The summed E-state index contributed by atoms with van der Waals surface area (Å²) in [6.07, 6.45) is 2.28. The number of halogens is 1. The van der Waals surface area contributed by atoms with Crippen LogP contribution in [-0.4, -0.2) is 24.0 Å². The van der Waals surface area contributed by atoms with Gasteiger partial charge < -0.3 is 15.0 Å². The van der Waals surface area contributed by atoms with E-state index in [0.717, 1.165) is 18.4 Å². The highest BCUT2D eigenvalue weighted by molar-refractivity contribution is 6.33. The van der Waals surface area contributed by atoms with E-state index in [4.69, 9.17) is 16.3 Å². The first kappa shape index (κ1) is 17.6. The molecular formula is C21H19ClN2O3. The van der Waals surface area contributed by atoms with Gasteiger partial charge in [-0.1, -0.05) is 29.8 Å². The number of rotatable bonds is 3. The summed E-state index contributed by atoms with van der Waals surface area (Å²) in [7, 11) is 1.32. The molecule has 2 aromatic carbocycles.